The number of fused-ring (bicyclic) bond motifs is 2. The average molecular weight is 212 g/mol. The van der Waals surface area contributed by atoms with E-state index in [2.05, 4.69) is 17.6 Å². The number of nitrogens with one attached hydrogen (secondary N) is 2. The first-order valence-electron chi connectivity index (χ1n) is 5.99. The van der Waals surface area contributed by atoms with Gasteiger partial charge in [-0.1, -0.05) is 13.3 Å². The van der Waals surface area contributed by atoms with Gasteiger partial charge < -0.3 is 15.4 Å². The Labute approximate surface area is 90.8 Å². The van der Waals surface area contributed by atoms with Gasteiger partial charge in [0.25, 0.3) is 0 Å². The smallest absolute Gasteiger partial charge is 0.315 e. The van der Waals surface area contributed by atoms with Gasteiger partial charge in [0.1, 0.15) is 0 Å². The zero-order valence-corrected chi connectivity index (χ0v) is 9.29. The standard InChI is InChI=1S/C11H20N2O2/c1-2-3-6-12-11(14)13-9-7-8-4-5-10(9)15-8/h8-10H,2-7H2,1H3,(H2,12,13,14). The van der Waals surface area contributed by atoms with Gasteiger partial charge in [0.2, 0.25) is 0 Å². The molecule has 0 saturated carbocycles. The van der Waals surface area contributed by atoms with E-state index in [0.29, 0.717) is 6.10 Å². The molecule has 2 bridgehead atoms. The van der Waals surface area contributed by atoms with Gasteiger partial charge in [0.15, 0.2) is 0 Å². The number of hydrogen-bond donors (Lipinski definition) is 2. The Morgan fingerprint density at radius 1 is 1.47 bits per heavy atom. The fraction of sp³-hybridized carbons (Fsp3) is 0.909. The molecule has 0 aromatic heterocycles. The van der Waals surface area contributed by atoms with Crippen LogP contribution in [0.4, 0.5) is 4.79 Å². The summed E-state index contributed by atoms with van der Waals surface area (Å²) < 4.78 is 5.67. The highest BCUT2D eigenvalue weighted by atomic mass is 16.5. The molecule has 4 nitrogen and oxygen atoms in total. The lowest BCUT2D eigenvalue weighted by Gasteiger charge is -2.20. The van der Waals surface area contributed by atoms with Crippen LogP contribution in [0, 0.1) is 0 Å². The van der Waals surface area contributed by atoms with Crippen LogP contribution in [-0.2, 0) is 4.74 Å². The normalized spacial score (nSPS) is 33.0. The molecule has 2 amide bonds. The molecule has 0 spiro atoms. The van der Waals surface area contributed by atoms with Crippen molar-refractivity contribution in [3.63, 3.8) is 0 Å². The molecule has 0 aliphatic carbocycles. The summed E-state index contributed by atoms with van der Waals surface area (Å²) in [6.07, 6.45) is 6.08. The van der Waals surface area contributed by atoms with Crippen LogP contribution in [0.5, 0.6) is 0 Å². The molecule has 2 aliphatic heterocycles. The van der Waals surface area contributed by atoms with E-state index in [4.69, 9.17) is 4.74 Å². The summed E-state index contributed by atoms with van der Waals surface area (Å²) in [5, 5.41) is 5.86. The summed E-state index contributed by atoms with van der Waals surface area (Å²) in [7, 11) is 0. The van der Waals surface area contributed by atoms with Crippen molar-refractivity contribution < 1.29 is 9.53 Å². The van der Waals surface area contributed by atoms with E-state index in [1.807, 2.05) is 0 Å². The lowest BCUT2D eigenvalue weighted by Crippen LogP contribution is -2.46. The molecule has 0 radical (unpaired) electrons. The van der Waals surface area contributed by atoms with Gasteiger partial charge in [-0.2, -0.15) is 0 Å². The minimum atomic E-state index is -0.0374. The number of urea groups is 1. The van der Waals surface area contributed by atoms with Crippen molar-refractivity contribution in [1.29, 1.82) is 0 Å². The van der Waals surface area contributed by atoms with Gasteiger partial charge in [-0.25, -0.2) is 4.79 Å². The minimum Gasteiger partial charge on any atom is -0.373 e. The number of ether oxygens (including phenoxy) is 1. The molecule has 2 N–H and O–H groups in total. The fourth-order valence-corrected chi connectivity index (χ4v) is 2.39. The molecule has 2 aliphatic rings. The maximum atomic E-state index is 11.5. The van der Waals surface area contributed by atoms with Crippen LogP contribution in [0.1, 0.15) is 39.0 Å². The Bertz CT molecular complexity index is 233. The van der Waals surface area contributed by atoms with Crippen molar-refractivity contribution in [3.05, 3.63) is 0 Å². The molecule has 2 rings (SSSR count). The minimum absolute atomic E-state index is 0.0374. The van der Waals surface area contributed by atoms with Gasteiger partial charge in [0.05, 0.1) is 18.2 Å². The highest BCUT2D eigenvalue weighted by Gasteiger charge is 2.41. The number of carbonyl (C=O) groups is 1. The van der Waals surface area contributed by atoms with Gasteiger partial charge in [-0.3, -0.25) is 0 Å². The molecular formula is C11H20N2O2. The molecule has 3 unspecified atom stereocenters. The predicted molar refractivity (Wildman–Crippen MR) is 57.7 cm³/mol. The van der Waals surface area contributed by atoms with Gasteiger partial charge >= 0.3 is 6.03 Å². The second-order valence-corrected chi connectivity index (χ2v) is 4.47. The Morgan fingerprint density at radius 3 is 2.93 bits per heavy atom. The van der Waals surface area contributed by atoms with Crippen LogP contribution in [0.2, 0.25) is 0 Å². The van der Waals surface area contributed by atoms with E-state index in [1.54, 1.807) is 0 Å². The van der Waals surface area contributed by atoms with Crippen molar-refractivity contribution in [2.24, 2.45) is 0 Å². The quantitative estimate of drug-likeness (QED) is 0.692. The third-order valence-electron chi connectivity index (χ3n) is 3.24. The lowest BCUT2D eigenvalue weighted by atomic mass is 9.96. The van der Waals surface area contributed by atoms with E-state index in [9.17, 15) is 4.79 Å². The maximum Gasteiger partial charge on any atom is 0.315 e. The topological polar surface area (TPSA) is 50.4 Å². The van der Waals surface area contributed by atoms with Gasteiger partial charge in [-0.15, -0.1) is 0 Å². The molecule has 0 aromatic carbocycles. The second-order valence-electron chi connectivity index (χ2n) is 4.47. The Morgan fingerprint density at radius 2 is 2.33 bits per heavy atom. The number of unbranched alkanes of at least 4 members (excludes halogenated alkanes) is 1. The van der Waals surface area contributed by atoms with Crippen LogP contribution in [0.3, 0.4) is 0 Å². The maximum absolute atomic E-state index is 11.5. The van der Waals surface area contributed by atoms with Gasteiger partial charge in [0, 0.05) is 6.54 Å². The van der Waals surface area contributed by atoms with Crippen molar-refractivity contribution in [3.8, 4) is 0 Å². The van der Waals surface area contributed by atoms with Crippen molar-refractivity contribution >= 4 is 6.03 Å². The predicted octanol–water partition coefficient (Wildman–Crippen LogP) is 1.41. The van der Waals surface area contributed by atoms with E-state index >= 15 is 0 Å². The highest BCUT2D eigenvalue weighted by Crippen LogP contribution is 2.34. The largest absolute Gasteiger partial charge is 0.373 e. The Kier molecular flexibility index (Phi) is 3.46. The van der Waals surface area contributed by atoms with Crippen molar-refractivity contribution in [2.75, 3.05) is 6.54 Å². The monoisotopic (exact) mass is 212 g/mol. The third kappa shape index (κ3) is 2.62. The number of carbonyl (C=O) groups excluding carboxylic acids is 1. The summed E-state index contributed by atoms with van der Waals surface area (Å²) in [5.41, 5.74) is 0. The molecule has 0 aromatic rings. The van der Waals surface area contributed by atoms with Crippen LogP contribution in [0.15, 0.2) is 0 Å². The lowest BCUT2D eigenvalue weighted by molar-refractivity contribution is 0.0981. The van der Waals surface area contributed by atoms with Crippen LogP contribution < -0.4 is 10.6 Å². The van der Waals surface area contributed by atoms with E-state index in [-0.39, 0.29) is 18.2 Å². The summed E-state index contributed by atoms with van der Waals surface area (Å²) in [6.45, 7) is 2.88. The van der Waals surface area contributed by atoms with Crippen LogP contribution >= 0.6 is 0 Å². The first kappa shape index (κ1) is 10.7. The van der Waals surface area contributed by atoms with E-state index in [1.165, 1.54) is 6.42 Å². The molecule has 86 valence electrons. The molecule has 4 heteroatoms. The summed E-state index contributed by atoms with van der Waals surface area (Å²) in [6, 6.07) is 0.204. The Hall–Kier alpha value is -0.770. The molecular weight excluding hydrogens is 192 g/mol. The molecule has 15 heavy (non-hydrogen) atoms. The van der Waals surface area contributed by atoms with E-state index < -0.39 is 0 Å². The highest BCUT2D eigenvalue weighted by molar-refractivity contribution is 5.74. The third-order valence-corrected chi connectivity index (χ3v) is 3.24. The van der Waals surface area contributed by atoms with E-state index in [0.717, 1.165) is 32.2 Å². The SMILES string of the molecule is CCCCNC(=O)NC1CC2CCC1O2. The first-order valence-corrected chi connectivity index (χ1v) is 5.99. The van der Waals surface area contributed by atoms with Crippen molar-refractivity contribution in [2.45, 2.75) is 57.3 Å². The molecule has 2 fully saturated rings. The zero-order chi connectivity index (χ0) is 10.7. The molecule has 2 heterocycles. The molecule has 3 atom stereocenters. The summed E-state index contributed by atoms with van der Waals surface area (Å²) in [5.74, 6) is 0. The summed E-state index contributed by atoms with van der Waals surface area (Å²) >= 11 is 0. The number of rotatable bonds is 4. The second kappa shape index (κ2) is 4.84. The van der Waals surface area contributed by atoms with Crippen molar-refractivity contribution in [1.82, 2.24) is 10.6 Å². The average Bonchev–Trinajstić information content (AvgIpc) is 2.79. The zero-order valence-electron chi connectivity index (χ0n) is 9.29. The number of hydrogen-bond acceptors (Lipinski definition) is 2. The van der Waals surface area contributed by atoms with Crippen LogP contribution in [0.25, 0.3) is 0 Å². The van der Waals surface area contributed by atoms with Crippen LogP contribution in [-0.4, -0.2) is 30.8 Å². The van der Waals surface area contributed by atoms with Gasteiger partial charge in [-0.05, 0) is 25.7 Å². The molecule has 2 saturated heterocycles. The fourth-order valence-electron chi connectivity index (χ4n) is 2.39. The first-order chi connectivity index (χ1) is 7.29. The summed E-state index contributed by atoms with van der Waals surface area (Å²) in [4.78, 5) is 11.5. The number of amides is 2. The Balaban J connectivity index is 1.66.